The number of nitrogens with one attached hydrogen (secondary N) is 2. The van der Waals surface area contributed by atoms with E-state index in [1.807, 2.05) is 0 Å². The van der Waals surface area contributed by atoms with Gasteiger partial charge < -0.3 is 10.6 Å². The number of carbonyl (C=O) groups is 1. The Morgan fingerprint density at radius 2 is 2.05 bits per heavy atom. The first kappa shape index (κ1) is 14.8. The second kappa shape index (κ2) is 7.28. The monoisotopic (exact) mass is 266 g/mol. The Labute approximate surface area is 117 Å². The Balaban J connectivity index is 1.61. The van der Waals surface area contributed by atoms with E-state index in [2.05, 4.69) is 17.6 Å². The van der Waals surface area contributed by atoms with Gasteiger partial charge in [0.1, 0.15) is 0 Å². The highest BCUT2D eigenvalue weighted by molar-refractivity contribution is 5.75. The van der Waals surface area contributed by atoms with Crippen molar-refractivity contribution in [1.29, 1.82) is 0 Å². The zero-order chi connectivity index (χ0) is 13.6. The van der Waals surface area contributed by atoms with Crippen molar-refractivity contribution in [3.8, 4) is 0 Å². The van der Waals surface area contributed by atoms with Gasteiger partial charge in [0.15, 0.2) is 0 Å². The van der Waals surface area contributed by atoms with Gasteiger partial charge in [-0.25, -0.2) is 0 Å². The first-order valence-electron chi connectivity index (χ1n) is 8.15. The Morgan fingerprint density at radius 3 is 2.74 bits per heavy atom. The van der Waals surface area contributed by atoms with E-state index in [9.17, 15) is 4.79 Å². The topological polar surface area (TPSA) is 41.1 Å². The summed E-state index contributed by atoms with van der Waals surface area (Å²) in [4.78, 5) is 11.9. The van der Waals surface area contributed by atoms with Crippen LogP contribution in [0.4, 0.5) is 0 Å². The van der Waals surface area contributed by atoms with Gasteiger partial charge in [-0.3, -0.25) is 4.79 Å². The van der Waals surface area contributed by atoms with Gasteiger partial charge in [0.05, 0.1) is 0 Å². The summed E-state index contributed by atoms with van der Waals surface area (Å²) < 4.78 is 0. The van der Waals surface area contributed by atoms with Crippen LogP contribution < -0.4 is 10.6 Å². The summed E-state index contributed by atoms with van der Waals surface area (Å²) in [7, 11) is 0. The molecule has 1 amide bonds. The largest absolute Gasteiger partial charge is 0.356 e. The van der Waals surface area contributed by atoms with E-state index < -0.39 is 0 Å². The maximum absolute atomic E-state index is 11.9. The molecule has 1 aliphatic carbocycles. The highest BCUT2D eigenvalue weighted by Crippen LogP contribution is 2.27. The molecule has 19 heavy (non-hydrogen) atoms. The third-order valence-corrected chi connectivity index (χ3v) is 4.90. The molecule has 2 fully saturated rings. The van der Waals surface area contributed by atoms with Crippen LogP contribution in [0, 0.1) is 11.3 Å². The molecule has 0 spiro atoms. The number of piperidine rings is 1. The van der Waals surface area contributed by atoms with Crippen molar-refractivity contribution >= 4 is 5.91 Å². The van der Waals surface area contributed by atoms with Crippen molar-refractivity contribution in [2.24, 2.45) is 11.3 Å². The summed E-state index contributed by atoms with van der Waals surface area (Å²) in [6, 6.07) is 0. The zero-order valence-electron chi connectivity index (χ0n) is 12.5. The van der Waals surface area contributed by atoms with Crippen LogP contribution in [-0.4, -0.2) is 25.5 Å². The smallest absolute Gasteiger partial charge is 0.220 e. The first-order chi connectivity index (χ1) is 9.18. The van der Waals surface area contributed by atoms with Crippen LogP contribution in [0.1, 0.15) is 64.7 Å². The molecule has 2 N–H and O–H groups in total. The molecular formula is C16H30N2O. The molecule has 110 valence electrons. The normalized spacial score (nSPS) is 29.1. The van der Waals surface area contributed by atoms with Crippen molar-refractivity contribution in [3.63, 3.8) is 0 Å². The van der Waals surface area contributed by atoms with Gasteiger partial charge in [0.2, 0.25) is 5.91 Å². The van der Waals surface area contributed by atoms with E-state index >= 15 is 0 Å². The van der Waals surface area contributed by atoms with E-state index in [1.54, 1.807) is 0 Å². The maximum Gasteiger partial charge on any atom is 0.220 e. The third-order valence-electron chi connectivity index (χ3n) is 4.90. The summed E-state index contributed by atoms with van der Waals surface area (Å²) in [6.07, 6.45) is 11.1. The van der Waals surface area contributed by atoms with Crippen LogP contribution >= 0.6 is 0 Å². The highest BCUT2D eigenvalue weighted by Gasteiger charge is 2.27. The lowest BCUT2D eigenvalue weighted by molar-refractivity contribution is -0.122. The third kappa shape index (κ3) is 5.13. The minimum absolute atomic E-state index is 0.261. The number of hydrogen-bond acceptors (Lipinski definition) is 2. The van der Waals surface area contributed by atoms with Crippen molar-refractivity contribution in [3.05, 3.63) is 0 Å². The summed E-state index contributed by atoms with van der Waals surface area (Å²) in [5, 5.41) is 6.58. The van der Waals surface area contributed by atoms with Gasteiger partial charge in [-0.2, -0.15) is 0 Å². The van der Waals surface area contributed by atoms with Gasteiger partial charge in [-0.15, -0.1) is 0 Å². The Kier molecular flexibility index (Phi) is 5.68. The number of carbonyl (C=O) groups excluding carboxylic acids is 1. The number of hydrogen-bond donors (Lipinski definition) is 2. The summed E-state index contributed by atoms with van der Waals surface area (Å²) in [5.74, 6) is 1.07. The SMILES string of the molecule is CC1(CNC(=O)CCC2CCCCC2)CCCNC1. The summed E-state index contributed by atoms with van der Waals surface area (Å²) in [6.45, 7) is 5.28. The van der Waals surface area contributed by atoms with Crippen LogP contribution in [0.2, 0.25) is 0 Å². The fourth-order valence-corrected chi connectivity index (χ4v) is 3.48. The van der Waals surface area contributed by atoms with Crippen molar-refractivity contribution in [1.82, 2.24) is 10.6 Å². The van der Waals surface area contributed by atoms with E-state index in [-0.39, 0.29) is 11.3 Å². The molecule has 3 heteroatoms. The molecule has 0 bridgehead atoms. The van der Waals surface area contributed by atoms with E-state index in [4.69, 9.17) is 0 Å². The average Bonchev–Trinajstić information content (AvgIpc) is 2.45. The molecular weight excluding hydrogens is 236 g/mol. The molecule has 2 rings (SSSR count). The minimum Gasteiger partial charge on any atom is -0.356 e. The lowest BCUT2D eigenvalue weighted by Gasteiger charge is -2.34. The Bertz CT molecular complexity index is 278. The zero-order valence-corrected chi connectivity index (χ0v) is 12.5. The molecule has 2 aliphatic rings. The molecule has 1 aliphatic heterocycles. The molecule has 1 saturated heterocycles. The quantitative estimate of drug-likeness (QED) is 0.803. The maximum atomic E-state index is 11.9. The van der Waals surface area contributed by atoms with Gasteiger partial charge in [0.25, 0.3) is 0 Å². The molecule has 1 atom stereocenters. The first-order valence-corrected chi connectivity index (χ1v) is 8.15. The van der Waals surface area contributed by atoms with E-state index in [1.165, 1.54) is 44.9 Å². The van der Waals surface area contributed by atoms with E-state index in [0.29, 0.717) is 0 Å². The molecule has 1 unspecified atom stereocenters. The van der Waals surface area contributed by atoms with Gasteiger partial charge >= 0.3 is 0 Å². The van der Waals surface area contributed by atoms with Crippen LogP contribution in [0.25, 0.3) is 0 Å². The fourth-order valence-electron chi connectivity index (χ4n) is 3.48. The second-order valence-corrected chi connectivity index (χ2v) is 6.91. The van der Waals surface area contributed by atoms with Gasteiger partial charge in [-0.1, -0.05) is 39.0 Å². The lowest BCUT2D eigenvalue weighted by Crippen LogP contribution is -2.45. The standard InChI is InChI=1S/C16H30N2O/c1-16(10-5-11-17-12-16)13-18-15(19)9-8-14-6-3-2-4-7-14/h14,17H,2-13H2,1H3,(H,18,19). The van der Waals surface area contributed by atoms with Crippen LogP contribution in [0.3, 0.4) is 0 Å². The predicted molar refractivity (Wildman–Crippen MR) is 79.0 cm³/mol. The van der Waals surface area contributed by atoms with Crippen molar-refractivity contribution < 1.29 is 4.79 Å². The molecule has 0 aromatic heterocycles. The van der Waals surface area contributed by atoms with Crippen LogP contribution in [0.15, 0.2) is 0 Å². The van der Waals surface area contributed by atoms with Gasteiger partial charge in [-0.05, 0) is 37.1 Å². The van der Waals surface area contributed by atoms with Crippen molar-refractivity contribution in [2.45, 2.75) is 64.7 Å². The molecule has 3 nitrogen and oxygen atoms in total. The fraction of sp³-hybridized carbons (Fsp3) is 0.938. The molecule has 0 aromatic rings. The second-order valence-electron chi connectivity index (χ2n) is 6.91. The minimum atomic E-state index is 0.261. The Morgan fingerprint density at radius 1 is 1.26 bits per heavy atom. The number of rotatable bonds is 5. The highest BCUT2D eigenvalue weighted by atomic mass is 16.1. The molecule has 0 aromatic carbocycles. The summed E-state index contributed by atoms with van der Waals surface area (Å²) in [5.41, 5.74) is 0.263. The Hall–Kier alpha value is -0.570. The molecule has 1 heterocycles. The predicted octanol–water partition coefficient (Wildman–Crippen LogP) is 2.85. The average molecular weight is 266 g/mol. The lowest BCUT2D eigenvalue weighted by atomic mass is 9.82. The molecule has 1 saturated carbocycles. The molecule has 0 radical (unpaired) electrons. The summed E-state index contributed by atoms with van der Waals surface area (Å²) >= 11 is 0. The number of amides is 1. The van der Waals surface area contributed by atoms with E-state index in [0.717, 1.165) is 38.4 Å². The van der Waals surface area contributed by atoms with Gasteiger partial charge in [0, 0.05) is 19.5 Å². The van der Waals surface area contributed by atoms with Crippen LogP contribution in [-0.2, 0) is 4.79 Å². The van der Waals surface area contributed by atoms with Crippen molar-refractivity contribution in [2.75, 3.05) is 19.6 Å². The van der Waals surface area contributed by atoms with Crippen LogP contribution in [0.5, 0.6) is 0 Å².